The second kappa shape index (κ2) is 8.54. The van der Waals surface area contributed by atoms with Crippen molar-refractivity contribution in [2.24, 2.45) is 7.05 Å². The number of hydrogen-bond donors (Lipinski definition) is 2. The minimum Gasteiger partial charge on any atom is -0.391 e. The maximum absolute atomic E-state index is 12.6. The van der Waals surface area contributed by atoms with Crippen molar-refractivity contribution in [2.45, 2.75) is 31.4 Å². The summed E-state index contributed by atoms with van der Waals surface area (Å²) in [5.41, 5.74) is 1.70. The van der Waals surface area contributed by atoms with Gasteiger partial charge in [-0.1, -0.05) is 29.8 Å². The van der Waals surface area contributed by atoms with Crippen LogP contribution >= 0.6 is 11.6 Å². The Kier molecular flexibility index (Phi) is 6.13. The Balaban J connectivity index is 1.61. The first-order valence-corrected chi connectivity index (χ1v) is 9.24. The zero-order valence-electron chi connectivity index (χ0n) is 15.1. The number of halogens is 1. The fourth-order valence-corrected chi connectivity index (χ4v) is 3.40. The summed E-state index contributed by atoms with van der Waals surface area (Å²) in [5, 5.41) is 17.6. The lowest BCUT2D eigenvalue weighted by molar-refractivity contribution is -0.137. The van der Waals surface area contributed by atoms with Gasteiger partial charge in [0.15, 0.2) is 0 Å². The molecule has 1 aliphatic heterocycles. The van der Waals surface area contributed by atoms with Gasteiger partial charge in [-0.05, 0) is 17.2 Å². The van der Waals surface area contributed by atoms with Gasteiger partial charge < -0.3 is 15.3 Å². The summed E-state index contributed by atoms with van der Waals surface area (Å²) in [5.74, 6) is -0.456. The molecule has 2 amide bonds. The highest BCUT2D eigenvalue weighted by Crippen LogP contribution is 2.20. The molecule has 2 aliphatic rings. The topological polar surface area (TPSA) is 87.5 Å². The molecule has 144 valence electrons. The van der Waals surface area contributed by atoms with Crippen LogP contribution in [0.4, 0.5) is 0 Å². The van der Waals surface area contributed by atoms with Gasteiger partial charge in [-0.25, -0.2) is 0 Å². The third-order valence-electron chi connectivity index (χ3n) is 4.61. The van der Waals surface area contributed by atoms with E-state index in [0.717, 1.165) is 16.2 Å². The molecule has 1 saturated heterocycles. The quantitative estimate of drug-likeness (QED) is 0.786. The maximum atomic E-state index is 12.6. The van der Waals surface area contributed by atoms with Crippen LogP contribution in [0.3, 0.4) is 0 Å². The molecule has 1 aromatic rings. The fourth-order valence-electron chi connectivity index (χ4n) is 3.25. The zero-order valence-corrected chi connectivity index (χ0v) is 15.9. The van der Waals surface area contributed by atoms with E-state index in [0.29, 0.717) is 13.0 Å². The fraction of sp³-hybridized carbons (Fsp3) is 0.421. The van der Waals surface area contributed by atoms with Crippen LogP contribution in [0.15, 0.2) is 47.3 Å². The first kappa shape index (κ1) is 19.4. The van der Waals surface area contributed by atoms with Gasteiger partial charge >= 0.3 is 0 Å². The highest BCUT2D eigenvalue weighted by Gasteiger charge is 2.38. The van der Waals surface area contributed by atoms with E-state index in [1.54, 1.807) is 24.1 Å². The van der Waals surface area contributed by atoms with Crippen molar-refractivity contribution in [3.05, 3.63) is 52.9 Å². The lowest BCUT2D eigenvalue weighted by Gasteiger charge is -2.23. The first-order chi connectivity index (χ1) is 12.9. The molecule has 2 heterocycles. The number of aliphatic hydroxyl groups is 1. The van der Waals surface area contributed by atoms with Crippen molar-refractivity contribution in [2.75, 3.05) is 13.1 Å². The molecule has 1 aliphatic carbocycles. The highest BCUT2D eigenvalue weighted by atomic mass is 35.5. The number of rotatable bonds is 5. The van der Waals surface area contributed by atoms with Gasteiger partial charge in [0.2, 0.25) is 11.8 Å². The van der Waals surface area contributed by atoms with E-state index in [-0.39, 0.29) is 31.2 Å². The second-order valence-corrected chi connectivity index (χ2v) is 7.32. The van der Waals surface area contributed by atoms with Gasteiger partial charge in [0.05, 0.1) is 18.7 Å². The Morgan fingerprint density at radius 3 is 2.96 bits per heavy atom. The van der Waals surface area contributed by atoms with E-state index in [1.807, 2.05) is 24.3 Å². The summed E-state index contributed by atoms with van der Waals surface area (Å²) in [6.07, 6.45) is 11.3. The van der Waals surface area contributed by atoms with E-state index < -0.39 is 12.1 Å². The molecule has 2 N–H and O–H groups in total. The maximum Gasteiger partial charge on any atom is 0.243 e. The van der Waals surface area contributed by atoms with E-state index in [9.17, 15) is 14.7 Å². The minimum atomic E-state index is -0.697. The van der Waals surface area contributed by atoms with Gasteiger partial charge in [0, 0.05) is 44.2 Å². The lowest BCUT2D eigenvalue weighted by atomic mass is 10.1. The van der Waals surface area contributed by atoms with Gasteiger partial charge in [-0.2, -0.15) is 5.10 Å². The Hall–Kier alpha value is -2.38. The molecule has 7 nitrogen and oxygen atoms in total. The highest BCUT2D eigenvalue weighted by molar-refractivity contribution is 6.29. The Bertz CT molecular complexity index is 812. The van der Waals surface area contributed by atoms with Gasteiger partial charge in [-0.3, -0.25) is 14.3 Å². The van der Waals surface area contributed by atoms with Crippen molar-refractivity contribution in [3.8, 4) is 0 Å². The molecule has 1 fully saturated rings. The standard InChI is InChI=1S/C19H23ClN4O3/c1-23-11-14(10-22-23)7-18(26)24-12-16(25)8-17(24)19(27)21-9-13-3-2-4-15(20)6-5-13/h2-3,5-6,10-11,16-17,25H,4,7-9,12H2,1H3,(H,21,27)/t16-,17+/m1/s1. The SMILES string of the molecule is Cn1cc(CC(=O)N2C[C@H](O)C[C@H]2C(=O)NCC2=CC=C(Cl)CC=C2)cn1. The molecular formula is C19H23ClN4O3. The molecule has 1 aromatic heterocycles. The van der Waals surface area contributed by atoms with Crippen LogP contribution in [0, 0.1) is 0 Å². The van der Waals surface area contributed by atoms with E-state index >= 15 is 0 Å². The number of likely N-dealkylation sites (tertiary alicyclic amines) is 1. The van der Waals surface area contributed by atoms with Crippen LogP contribution < -0.4 is 5.32 Å². The summed E-state index contributed by atoms with van der Waals surface area (Å²) >= 11 is 5.99. The third-order valence-corrected chi connectivity index (χ3v) is 4.89. The number of aromatic nitrogens is 2. The van der Waals surface area contributed by atoms with Crippen LogP contribution in [-0.2, 0) is 23.1 Å². The average molecular weight is 391 g/mol. The number of allylic oxidation sites excluding steroid dienone is 4. The number of nitrogens with one attached hydrogen (secondary N) is 1. The summed E-state index contributed by atoms with van der Waals surface area (Å²) in [4.78, 5) is 26.7. The predicted octanol–water partition coefficient (Wildman–Crippen LogP) is 1.05. The summed E-state index contributed by atoms with van der Waals surface area (Å²) < 4.78 is 1.63. The molecule has 0 spiro atoms. The monoisotopic (exact) mass is 390 g/mol. The molecule has 8 heteroatoms. The summed E-state index contributed by atoms with van der Waals surface area (Å²) in [6.45, 7) is 0.505. The number of carbonyl (C=O) groups excluding carboxylic acids is 2. The third kappa shape index (κ3) is 5.08. The van der Waals surface area contributed by atoms with Crippen molar-refractivity contribution in [3.63, 3.8) is 0 Å². The van der Waals surface area contributed by atoms with Crippen LogP contribution in [0.5, 0.6) is 0 Å². The molecule has 2 atom stereocenters. The zero-order chi connectivity index (χ0) is 19.4. The van der Waals surface area contributed by atoms with E-state index in [1.165, 1.54) is 4.90 Å². The summed E-state index contributed by atoms with van der Waals surface area (Å²) in [6, 6.07) is -0.668. The Morgan fingerprint density at radius 1 is 1.41 bits per heavy atom. The smallest absolute Gasteiger partial charge is 0.243 e. The first-order valence-electron chi connectivity index (χ1n) is 8.87. The Labute approximate surface area is 163 Å². The lowest BCUT2D eigenvalue weighted by Crippen LogP contribution is -2.46. The van der Waals surface area contributed by atoms with Gasteiger partial charge in [0.1, 0.15) is 6.04 Å². The molecule has 0 aromatic carbocycles. The van der Waals surface area contributed by atoms with Crippen molar-refractivity contribution < 1.29 is 14.7 Å². The largest absolute Gasteiger partial charge is 0.391 e. The molecule has 0 unspecified atom stereocenters. The number of nitrogens with zero attached hydrogens (tertiary/aromatic N) is 3. The molecule has 27 heavy (non-hydrogen) atoms. The normalized spacial score (nSPS) is 22.3. The predicted molar refractivity (Wildman–Crippen MR) is 102 cm³/mol. The molecular weight excluding hydrogens is 368 g/mol. The number of hydrogen-bond acceptors (Lipinski definition) is 4. The van der Waals surface area contributed by atoms with Crippen LogP contribution in [-0.4, -0.2) is 56.8 Å². The number of aryl methyl sites for hydroxylation is 1. The Morgan fingerprint density at radius 2 is 2.22 bits per heavy atom. The number of β-amino-alcohol motifs (C(OH)–C–C–N with tert-alkyl or cyclic N) is 1. The van der Waals surface area contributed by atoms with E-state index in [4.69, 9.17) is 11.6 Å². The van der Waals surface area contributed by atoms with E-state index in [2.05, 4.69) is 10.4 Å². The van der Waals surface area contributed by atoms with Gasteiger partial charge in [0.25, 0.3) is 0 Å². The number of aliphatic hydroxyl groups excluding tert-OH is 1. The number of carbonyl (C=O) groups is 2. The van der Waals surface area contributed by atoms with Crippen molar-refractivity contribution in [1.82, 2.24) is 20.0 Å². The van der Waals surface area contributed by atoms with Gasteiger partial charge in [-0.15, -0.1) is 0 Å². The molecule has 0 bridgehead atoms. The number of amides is 2. The second-order valence-electron chi connectivity index (χ2n) is 6.83. The molecule has 0 radical (unpaired) electrons. The van der Waals surface area contributed by atoms with Crippen LogP contribution in [0.2, 0.25) is 0 Å². The van der Waals surface area contributed by atoms with Crippen molar-refractivity contribution in [1.29, 1.82) is 0 Å². The minimum absolute atomic E-state index is 0.154. The van der Waals surface area contributed by atoms with Crippen molar-refractivity contribution >= 4 is 23.4 Å². The van der Waals surface area contributed by atoms with Crippen LogP contribution in [0.25, 0.3) is 0 Å². The average Bonchev–Trinajstić information content (AvgIpc) is 3.15. The van der Waals surface area contributed by atoms with Crippen LogP contribution in [0.1, 0.15) is 18.4 Å². The molecule has 0 saturated carbocycles. The summed E-state index contributed by atoms with van der Waals surface area (Å²) in [7, 11) is 1.78. The molecule has 3 rings (SSSR count).